The van der Waals surface area contributed by atoms with Gasteiger partial charge in [0.2, 0.25) is 0 Å². The van der Waals surface area contributed by atoms with E-state index in [1.807, 2.05) is 7.05 Å². The van der Waals surface area contributed by atoms with E-state index in [2.05, 4.69) is 28.2 Å². The third-order valence-corrected chi connectivity index (χ3v) is 4.21. The van der Waals surface area contributed by atoms with E-state index in [1.165, 1.54) is 25.8 Å². The van der Waals surface area contributed by atoms with Gasteiger partial charge < -0.3 is 10.2 Å². The highest BCUT2D eigenvalue weighted by Crippen LogP contribution is 2.39. The lowest BCUT2D eigenvalue weighted by atomic mass is 9.94. The minimum absolute atomic E-state index is 0.303. The van der Waals surface area contributed by atoms with E-state index < -0.39 is 0 Å². The molecule has 0 aromatic rings. The van der Waals surface area contributed by atoms with Crippen LogP contribution in [0.2, 0.25) is 0 Å². The molecule has 2 aliphatic rings. The number of nitrogens with zero attached hydrogens (tertiary/aromatic N) is 3. The van der Waals surface area contributed by atoms with Crippen molar-refractivity contribution < 1.29 is 0 Å². The van der Waals surface area contributed by atoms with Gasteiger partial charge >= 0.3 is 0 Å². The van der Waals surface area contributed by atoms with Gasteiger partial charge in [-0.15, -0.1) is 0 Å². The Morgan fingerprint density at radius 3 is 2.65 bits per heavy atom. The molecule has 4 heteroatoms. The van der Waals surface area contributed by atoms with Gasteiger partial charge in [0, 0.05) is 19.6 Å². The van der Waals surface area contributed by atoms with E-state index >= 15 is 0 Å². The minimum atomic E-state index is -0.303. The molecule has 2 fully saturated rings. The molecule has 0 bridgehead atoms. The first-order valence-electron chi connectivity index (χ1n) is 6.71. The molecule has 1 saturated carbocycles. The maximum absolute atomic E-state index is 9.49. The topological polar surface area (TPSA) is 42.3 Å². The maximum atomic E-state index is 9.49. The molecule has 96 valence electrons. The Hall–Kier alpha value is -0.630. The Labute approximate surface area is 105 Å². The van der Waals surface area contributed by atoms with E-state index in [0.717, 1.165) is 26.2 Å². The fourth-order valence-electron chi connectivity index (χ4n) is 2.78. The predicted molar refractivity (Wildman–Crippen MR) is 68.7 cm³/mol. The van der Waals surface area contributed by atoms with Crippen molar-refractivity contribution in [2.45, 2.75) is 24.8 Å². The van der Waals surface area contributed by atoms with Crippen LogP contribution in [0.5, 0.6) is 0 Å². The third-order valence-electron chi connectivity index (χ3n) is 4.21. The molecule has 1 heterocycles. The Kier molecular flexibility index (Phi) is 4.03. The molecule has 2 rings (SSSR count). The number of likely N-dealkylation sites (N-methyl/N-ethyl adjacent to an activating group) is 2. The lowest BCUT2D eigenvalue weighted by Crippen LogP contribution is -2.53. The van der Waals surface area contributed by atoms with Gasteiger partial charge in [-0.1, -0.05) is 0 Å². The van der Waals surface area contributed by atoms with Crippen LogP contribution in [0.15, 0.2) is 0 Å². The predicted octanol–water partition coefficient (Wildman–Crippen LogP) is 0.516. The van der Waals surface area contributed by atoms with Crippen molar-refractivity contribution in [3.63, 3.8) is 0 Å². The second kappa shape index (κ2) is 5.34. The number of nitrogens with one attached hydrogen (secondary N) is 1. The smallest absolute Gasteiger partial charge is 0.122 e. The highest BCUT2D eigenvalue weighted by molar-refractivity contribution is 5.16. The minimum Gasteiger partial charge on any atom is -0.305 e. The van der Waals surface area contributed by atoms with Crippen LogP contribution in [0.4, 0.5) is 0 Å². The summed E-state index contributed by atoms with van der Waals surface area (Å²) < 4.78 is 0. The molecule has 0 radical (unpaired) electrons. The molecule has 17 heavy (non-hydrogen) atoms. The average Bonchev–Trinajstić information content (AvgIpc) is 3.16. The molecule has 1 saturated heterocycles. The summed E-state index contributed by atoms with van der Waals surface area (Å²) in [4.78, 5) is 4.84. The Balaban J connectivity index is 1.95. The molecule has 0 amide bonds. The van der Waals surface area contributed by atoms with Crippen molar-refractivity contribution in [3.8, 4) is 6.07 Å². The van der Waals surface area contributed by atoms with Crippen LogP contribution in [-0.4, -0.2) is 62.2 Å². The van der Waals surface area contributed by atoms with Crippen LogP contribution >= 0.6 is 0 Å². The highest BCUT2D eigenvalue weighted by Gasteiger charge is 2.45. The van der Waals surface area contributed by atoms with E-state index in [-0.39, 0.29) is 5.54 Å². The summed E-state index contributed by atoms with van der Waals surface area (Å²) in [6.07, 6.45) is 3.64. The first kappa shape index (κ1) is 12.8. The van der Waals surface area contributed by atoms with Crippen LogP contribution in [0.3, 0.4) is 0 Å². The lowest BCUT2D eigenvalue weighted by molar-refractivity contribution is 0.207. The molecule has 0 spiro atoms. The van der Waals surface area contributed by atoms with Gasteiger partial charge in [-0.25, -0.2) is 0 Å². The molecular weight excluding hydrogens is 212 g/mol. The summed E-state index contributed by atoms with van der Waals surface area (Å²) in [5, 5.41) is 12.8. The summed E-state index contributed by atoms with van der Waals surface area (Å²) in [5.74, 6) is 0.568. The Morgan fingerprint density at radius 1 is 1.29 bits per heavy atom. The zero-order valence-corrected chi connectivity index (χ0v) is 11.1. The first-order chi connectivity index (χ1) is 8.20. The normalized spacial score (nSPS) is 27.1. The average molecular weight is 236 g/mol. The SMILES string of the molecule is CNC(C#N)(CN1CCCN(C)CC1)C1CC1. The van der Waals surface area contributed by atoms with Crippen LogP contribution in [-0.2, 0) is 0 Å². The van der Waals surface area contributed by atoms with Gasteiger partial charge in [-0.2, -0.15) is 5.26 Å². The number of nitriles is 1. The summed E-state index contributed by atoms with van der Waals surface area (Å²) in [6, 6.07) is 2.54. The van der Waals surface area contributed by atoms with Crippen molar-refractivity contribution in [3.05, 3.63) is 0 Å². The van der Waals surface area contributed by atoms with Crippen molar-refractivity contribution in [1.82, 2.24) is 15.1 Å². The van der Waals surface area contributed by atoms with Crippen molar-refractivity contribution in [2.24, 2.45) is 5.92 Å². The molecule has 0 aromatic heterocycles. The number of hydrogen-bond donors (Lipinski definition) is 1. The van der Waals surface area contributed by atoms with Gasteiger partial charge in [0.25, 0.3) is 0 Å². The van der Waals surface area contributed by atoms with Crippen molar-refractivity contribution >= 4 is 0 Å². The zero-order chi connectivity index (χ0) is 12.3. The molecule has 4 nitrogen and oxygen atoms in total. The largest absolute Gasteiger partial charge is 0.305 e. The highest BCUT2D eigenvalue weighted by atomic mass is 15.2. The molecule has 1 aliphatic carbocycles. The Bertz CT molecular complexity index is 294. The summed E-state index contributed by atoms with van der Waals surface area (Å²) in [5.41, 5.74) is -0.303. The summed E-state index contributed by atoms with van der Waals surface area (Å²) in [7, 11) is 4.12. The third kappa shape index (κ3) is 2.98. The number of hydrogen-bond acceptors (Lipinski definition) is 4. The van der Waals surface area contributed by atoms with Crippen LogP contribution in [0.25, 0.3) is 0 Å². The van der Waals surface area contributed by atoms with Crippen LogP contribution < -0.4 is 5.32 Å². The maximum Gasteiger partial charge on any atom is 0.122 e. The zero-order valence-electron chi connectivity index (χ0n) is 11.1. The fraction of sp³-hybridized carbons (Fsp3) is 0.923. The van der Waals surface area contributed by atoms with E-state index in [4.69, 9.17) is 0 Å². The Morgan fingerprint density at radius 2 is 2.06 bits per heavy atom. The summed E-state index contributed by atoms with van der Waals surface area (Å²) in [6.45, 7) is 5.41. The van der Waals surface area contributed by atoms with Crippen LogP contribution in [0, 0.1) is 17.2 Å². The van der Waals surface area contributed by atoms with Crippen molar-refractivity contribution in [2.75, 3.05) is 46.8 Å². The molecule has 1 atom stereocenters. The molecule has 1 unspecified atom stereocenters. The summed E-state index contributed by atoms with van der Waals surface area (Å²) >= 11 is 0. The first-order valence-corrected chi connectivity index (χ1v) is 6.71. The van der Waals surface area contributed by atoms with Gasteiger partial charge in [0.1, 0.15) is 5.54 Å². The number of rotatable bonds is 4. The monoisotopic (exact) mass is 236 g/mol. The van der Waals surface area contributed by atoms with Crippen LogP contribution in [0.1, 0.15) is 19.3 Å². The quantitative estimate of drug-likeness (QED) is 0.772. The second-order valence-electron chi connectivity index (χ2n) is 5.54. The van der Waals surface area contributed by atoms with E-state index in [9.17, 15) is 5.26 Å². The standard InChI is InChI=1S/C13H24N4/c1-15-13(10-14,12-4-5-12)11-17-7-3-6-16(2)8-9-17/h12,15H,3-9,11H2,1-2H3. The lowest BCUT2D eigenvalue weighted by Gasteiger charge is -2.32. The van der Waals surface area contributed by atoms with E-state index in [0.29, 0.717) is 5.92 Å². The van der Waals surface area contributed by atoms with Gasteiger partial charge in [-0.3, -0.25) is 4.90 Å². The van der Waals surface area contributed by atoms with Gasteiger partial charge in [0.15, 0.2) is 0 Å². The molecule has 0 aromatic carbocycles. The molecular formula is C13H24N4. The van der Waals surface area contributed by atoms with E-state index in [1.54, 1.807) is 0 Å². The second-order valence-corrected chi connectivity index (χ2v) is 5.54. The fourth-order valence-corrected chi connectivity index (χ4v) is 2.78. The molecule has 1 aliphatic heterocycles. The van der Waals surface area contributed by atoms with Gasteiger partial charge in [0.05, 0.1) is 6.07 Å². The molecule has 1 N–H and O–H groups in total. The van der Waals surface area contributed by atoms with Crippen molar-refractivity contribution in [1.29, 1.82) is 5.26 Å². The van der Waals surface area contributed by atoms with Gasteiger partial charge in [-0.05, 0) is 52.4 Å².